The van der Waals surface area contributed by atoms with Crippen LogP contribution in [0.25, 0.3) is 11.0 Å². The standard InChI is InChI=1S/C18H16Cl3N3O2S/c1-26-7-6-24-15-5-3-2-4-14(15)22-18(24)27-10-16(25)23-17-12(20)8-11(19)9-13(17)21/h2-5,8-9H,6-7,10H2,1H3,(H,23,25). The SMILES string of the molecule is COCCn1c(SCC(=O)Nc2c(Cl)cc(Cl)cc2Cl)nc2ccccc21. The summed E-state index contributed by atoms with van der Waals surface area (Å²) in [6.07, 6.45) is 0. The Hall–Kier alpha value is -1.44. The number of methoxy groups -OCH3 is 1. The first-order chi connectivity index (χ1) is 13.0. The minimum Gasteiger partial charge on any atom is -0.383 e. The van der Waals surface area contributed by atoms with Gasteiger partial charge in [0.15, 0.2) is 5.16 Å². The Morgan fingerprint density at radius 3 is 2.63 bits per heavy atom. The number of hydrogen-bond donors (Lipinski definition) is 1. The fourth-order valence-electron chi connectivity index (χ4n) is 2.53. The molecule has 5 nitrogen and oxygen atoms in total. The van der Waals surface area contributed by atoms with Gasteiger partial charge in [0.1, 0.15) is 0 Å². The monoisotopic (exact) mass is 443 g/mol. The number of aromatic nitrogens is 2. The number of amides is 1. The second-order valence-electron chi connectivity index (χ2n) is 5.61. The molecular weight excluding hydrogens is 429 g/mol. The van der Waals surface area contributed by atoms with Gasteiger partial charge in [-0.25, -0.2) is 4.98 Å². The number of nitrogens with zero attached hydrogens (tertiary/aromatic N) is 2. The topological polar surface area (TPSA) is 56.1 Å². The van der Waals surface area contributed by atoms with Crippen LogP contribution in [-0.4, -0.2) is 34.9 Å². The summed E-state index contributed by atoms with van der Waals surface area (Å²) in [5, 5.41) is 4.46. The Morgan fingerprint density at radius 1 is 1.22 bits per heavy atom. The molecule has 2 aromatic carbocycles. The van der Waals surface area contributed by atoms with Crippen LogP contribution in [-0.2, 0) is 16.1 Å². The number of fused-ring (bicyclic) bond motifs is 1. The van der Waals surface area contributed by atoms with E-state index in [-0.39, 0.29) is 21.7 Å². The van der Waals surface area contributed by atoms with Crippen LogP contribution in [0.1, 0.15) is 0 Å². The summed E-state index contributed by atoms with van der Waals surface area (Å²) < 4.78 is 7.22. The number of ether oxygens (including phenoxy) is 1. The van der Waals surface area contributed by atoms with Crippen molar-refractivity contribution in [2.75, 3.05) is 24.8 Å². The van der Waals surface area contributed by atoms with Gasteiger partial charge in [0.05, 0.1) is 39.1 Å². The third kappa shape index (κ3) is 4.89. The van der Waals surface area contributed by atoms with Crippen LogP contribution in [0.5, 0.6) is 0 Å². The molecule has 142 valence electrons. The molecule has 0 fully saturated rings. The first-order valence-electron chi connectivity index (χ1n) is 8.01. The highest BCUT2D eigenvalue weighted by Gasteiger charge is 2.15. The molecule has 0 aliphatic heterocycles. The summed E-state index contributed by atoms with van der Waals surface area (Å²) >= 11 is 19.5. The van der Waals surface area contributed by atoms with Crippen molar-refractivity contribution in [3.63, 3.8) is 0 Å². The van der Waals surface area contributed by atoms with E-state index in [9.17, 15) is 4.79 Å². The summed E-state index contributed by atoms with van der Waals surface area (Å²) in [6.45, 7) is 1.20. The molecule has 1 N–H and O–H groups in total. The Morgan fingerprint density at radius 2 is 1.93 bits per heavy atom. The zero-order valence-electron chi connectivity index (χ0n) is 14.3. The van der Waals surface area contributed by atoms with Crippen molar-refractivity contribution in [3.05, 3.63) is 51.5 Å². The highest BCUT2D eigenvalue weighted by atomic mass is 35.5. The van der Waals surface area contributed by atoms with Gasteiger partial charge in [0, 0.05) is 18.7 Å². The molecule has 0 unspecified atom stereocenters. The quantitative estimate of drug-likeness (QED) is 0.497. The van der Waals surface area contributed by atoms with E-state index in [2.05, 4.69) is 10.3 Å². The number of carbonyl (C=O) groups excluding carboxylic acids is 1. The maximum atomic E-state index is 12.4. The Labute approximate surface area is 175 Å². The maximum Gasteiger partial charge on any atom is 0.234 e. The van der Waals surface area contributed by atoms with E-state index in [0.717, 1.165) is 16.2 Å². The number of thioether (sulfide) groups is 1. The number of anilines is 1. The Bertz CT molecular complexity index is 955. The van der Waals surface area contributed by atoms with Crippen molar-refractivity contribution in [3.8, 4) is 0 Å². The molecule has 3 rings (SSSR count). The third-order valence-electron chi connectivity index (χ3n) is 3.74. The first-order valence-corrected chi connectivity index (χ1v) is 10.1. The van der Waals surface area contributed by atoms with Crippen LogP contribution in [0.4, 0.5) is 5.69 Å². The fraction of sp³-hybridized carbons (Fsp3) is 0.222. The van der Waals surface area contributed by atoms with Gasteiger partial charge < -0.3 is 14.6 Å². The highest BCUT2D eigenvalue weighted by Crippen LogP contribution is 2.34. The van der Waals surface area contributed by atoms with Crippen LogP contribution in [0.15, 0.2) is 41.6 Å². The summed E-state index contributed by atoms with van der Waals surface area (Å²) in [5.74, 6) is -0.0811. The molecule has 1 heterocycles. The number of halogens is 3. The van der Waals surface area contributed by atoms with Crippen LogP contribution in [0, 0.1) is 0 Å². The van der Waals surface area contributed by atoms with Gasteiger partial charge in [-0.2, -0.15) is 0 Å². The number of benzene rings is 2. The highest BCUT2D eigenvalue weighted by molar-refractivity contribution is 7.99. The van der Waals surface area contributed by atoms with E-state index in [1.807, 2.05) is 28.8 Å². The minimum atomic E-state index is -0.239. The molecule has 0 atom stereocenters. The molecule has 0 radical (unpaired) electrons. The van der Waals surface area contributed by atoms with Gasteiger partial charge >= 0.3 is 0 Å². The van der Waals surface area contributed by atoms with Crippen molar-refractivity contribution < 1.29 is 9.53 Å². The smallest absolute Gasteiger partial charge is 0.234 e. The number of hydrogen-bond acceptors (Lipinski definition) is 4. The largest absolute Gasteiger partial charge is 0.383 e. The van der Waals surface area contributed by atoms with Gasteiger partial charge in [-0.05, 0) is 24.3 Å². The van der Waals surface area contributed by atoms with E-state index in [1.54, 1.807) is 7.11 Å². The van der Waals surface area contributed by atoms with Crippen molar-refractivity contribution in [1.82, 2.24) is 9.55 Å². The van der Waals surface area contributed by atoms with Gasteiger partial charge in [-0.1, -0.05) is 58.7 Å². The maximum absolute atomic E-state index is 12.4. The third-order valence-corrected chi connectivity index (χ3v) is 5.53. The van der Waals surface area contributed by atoms with E-state index >= 15 is 0 Å². The van der Waals surface area contributed by atoms with E-state index in [0.29, 0.717) is 23.9 Å². The lowest BCUT2D eigenvalue weighted by Crippen LogP contribution is -2.15. The zero-order valence-corrected chi connectivity index (χ0v) is 17.4. The number of rotatable bonds is 7. The second-order valence-corrected chi connectivity index (χ2v) is 7.80. The average molecular weight is 445 g/mol. The minimum absolute atomic E-state index is 0.158. The molecule has 0 aliphatic rings. The molecule has 0 bridgehead atoms. The lowest BCUT2D eigenvalue weighted by molar-refractivity contribution is -0.113. The van der Waals surface area contributed by atoms with Crippen LogP contribution in [0.2, 0.25) is 15.1 Å². The number of carbonyl (C=O) groups is 1. The molecular formula is C18H16Cl3N3O2S. The molecule has 0 aliphatic carbocycles. The van der Waals surface area contributed by atoms with Crippen molar-refractivity contribution >= 4 is 69.2 Å². The van der Waals surface area contributed by atoms with Crippen molar-refractivity contribution in [2.45, 2.75) is 11.7 Å². The predicted molar refractivity (Wildman–Crippen MR) is 112 cm³/mol. The molecule has 0 saturated heterocycles. The average Bonchev–Trinajstić information content (AvgIpc) is 2.98. The lowest BCUT2D eigenvalue weighted by Gasteiger charge is -2.10. The molecule has 0 spiro atoms. The lowest BCUT2D eigenvalue weighted by atomic mass is 10.3. The molecule has 9 heteroatoms. The normalized spacial score (nSPS) is 11.1. The summed E-state index contributed by atoms with van der Waals surface area (Å²) in [7, 11) is 1.65. The van der Waals surface area contributed by atoms with Gasteiger partial charge in [0.25, 0.3) is 0 Å². The Kier molecular flexibility index (Phi) is 6.89. The molecule has 1 aromatic heterocycles. The first kappa shape index (κ1) is 20.3. The molecule has 3 aromatic rings. The fourth-order valence-corrected chi connectivity index (χ4v) is 4.28. The van der Waals surface area contributed by atoms with E-state index in [4.69, 9.17) is 39.5 Å². The van der Waals surface area contributed by atoms with Gasteiger partial charge in [0.2, 0.25) is 5.91 Å². The molecule has 27 heavy (non-hydrogen) atoms. The summed E-state index contributed by atoms with van der Waals surface area (Å²) in [4.78, 5) is 17.0. The zero-order chi connectivity index (χ0) is 19.4. The number of para-hydroxylation sites is 2. The number of nitrogens with one attached hydrogen (secondary N) is 1. The van der Waals surface area contributed by atoms with Crippen LogP contribution < -0.4 is 5.32 Å². The van der Waals surface area contributed by atoms with Crippen molar-refractivity contribution in [1.29, 1.82) is 0 Å². The number of imidazole rings is 1. The van der Waals surface area contributed by atoms with Crippen LogP contribution in [0.3, 0.4) is 0 Å². The predicted octanol–water partition coefficient (Wildman–Crippen LogP) is 5.37. The Balaban J connectivity index is 1.74. The molecule has 1 amide bonds. The second kappa shape index (κ2) is 9.17. The molecule has 0 saturated carbocycles. The summed E-state index contributed by atoms with van der Waals surface area (Å²) in [5.41, 5.74) is 2.22. The van der Waals surface area contributed by atoms with Crippen LogP contribution >= 0.6 is 46.6 Å². The van der Waals surface area contributed by atoms with Crippen molar-refractivity contribution in [2.24, 2.45) is 0 Å². The van der Waals surface area contributed by atoms with Gasteiger partial charge in [-0.3, -0.25) is 4.79 Å². The van der Waals surface area contributed by atoms with E-state index < -0.39 is 0 Å². The van der Waals surface area contributed by atoms with E-state index in [1.165, 1.54) is 23.9 Å². The van der Waals surface area contributed by atoms with Gasteiger partial charge in [-0.15, -0.1) is 0 Å². The summed E-state index contributed by atoms with van der Waals surface area (Å²) in [6, 6.07) is 10.9.